The Bertz CT molecular complexity index is 1080. The number of piperidine rings is 1. The average Bonchev–Trinajstić information content (AvgIpc) is 3.22. The largest absolute Gasteiger partial charge is 0.351 e. The second-order valence-electron chi connectivity index (χ2n) is 9.69. The molecule has 3 N–H and O–H groups in total. The maximum Gasteiger partial charge on any atom is 0.243 e. The SMILES string of the molecule is CC(N)C(=O)N1CCCC1C(=O)N[C@@H](CC(=O)N1C(C#N)CC2CC21)Cc1cc(F)c(F)cc1F. The Hall–Kier alpha value is -3.13. The molecule has 1 saturated carbocycles. The van der Waals surface area contributed by atoms with E-state index in [0.29, 0.717) is 37.9 Å². The van der Waals surface area contributed by atoms with Crippen molar-refractivity contribution in [1.82, 2.24) is 15.1 Å². The van der Waals surface area contributed by atoms with Crippen LogP contribution in [0.2, 0.25) is 0 Å². The summed E-state index contributed by atoms with van der Waals surface area (Å²) >= 11 is 0. The number of nitrogens with zero attached hydrogens (tertiary/aromatic N) is 3. The fourth-order valence-electron chi connectivity index (χ4n) is 5.27. The molecule has 5 unspecified atom stereocenters. The number of nitrogens with one attached hydrogen (secondary N) is 1. The van der Waals surface area contributed by atoms with Crippen LogP contribution in [0.25, 0.3) is 0 Å². The Balaban J connectivity index is 1.53. The normalized spacial score (nSPS) is 26.6. The Morgan fingerprint density at radius 2 is 1.91 bits per heavy atom. The van der Waals surface area contributed by atoms with Crippen molar-refractivity contribution in [2.24, 2.45) is 11.7 Å². The summed E-state index contributed by atoms with van der Waals surface area (Å²) in [5.41, 5.74) is 5.50. The molecule has 2 heterocycles. The van der Waals surface area contributed by atoms with Gasteiger partial charge in [0.25, 0.3) is 0 Å². The second-order valence-corrected chi connectivity index (χ2v) is 9.69. The molecule has 8 nitrogen and oxygen atoms in total. The van der Waals surface area contributed by atoms with Crippen LogP contribution in [0, 0.1) is 34.7 Å². The van der Waals surface area contributed by atoms with Crippen molar-refractivity contribution >= 4 is 17.7 Å². The van der Waals surface area contributed by atoms with E-state index in [1.54, 1.807) is 0 Å². The molecular formula is C24H28F3N5O3. The van der Waals surface area contributed by atoms with Crippen LogP contribution in [0.15, 0.2) is 12.1 Å². The van der Waals surface area contributed by atoms with E-state index in [9.17, 15) is 32.8 Å². The average molecular weight is 492 g/mol. The standard InChI is InChI=1S/C24H28F3N5O3/c1-12(29)24(35)31-4-2-3-20(31)23(34)30-15(5-13-7-18(26)19(27)10-17(13)25)9-22(33)32-16(11-28)6-14-8-21(14)32/h7,10,12,14-16,20-21H,2-6,8-9,29H2,1H3,(H,30,34)/t12?,14?,15-,16?,20?,21?/m1/s1. The summed E-state index contributed by atoms with van der Waals surface area (Å²) in [6.07, 6.45) is 1.88. The number of carbonyl (C=O) groups excluding carboxylic acids is 3. The minimum atomic E-state index is -1.34. The first-order chi connectivity index (χ1) is 16.6. The highest BCUT2D eigenvalue weighted by molar-refractivity contribution is 5.90. The number of hydrogen-bond donors (Lipinski definition) is 2. The quantitative estimate of drug-likeness (QED) is 0.559. The van der Waals surface area contributed by atoms with E-state index in [-0.39, 0.29) is 42.2 Å². The summed E-state index contributed by atoms with van der Waals surface area (Å²) in [5, 5.41) is 12.1. The summed E-state index contributed by atoms with van der Waals surface area (Å²) in [5.74, 6) is -4.57. The molecule has 0 aromatic heterocycles. The van der Waals surface area contributed by atoms with Crippen LogP contribution in [-0.4, -0.2) is 64.3 Å². The van der Waals surface area contributed by atoms with E-state index < -0.39 is 47.5 Å². The predicted molar refractivity (Wildman–Crippen MR) is 118 cm³/mol. The molecule has 4 rings (SSSR count). The zero-order valence-electron chi connectivity index (χ0n) is 19.3. The lowest BCUT2D eigenvalue weighted by atomic mass is 10.0. The first-order valence-corrected chi connectivity index (χ1v) is 11.8. The zero-order valence-corrected chi connectivity index (χ0v) is 19.3. The number of halogens is 3. The third-order valence-corrected chi connectivity index (χ3v) is 7.09. The van der Waals surface area contributed by atoms with E-state index in [2.05, 4.69) is 11.4 Å². The van der Waals surface area contributed by atoms with Gasteiger partial charge in [0, 0.05) is 31.1 Å². The summed E-state index contributed by atoms with van der Waals surface area (Å²) in [4.78, 5) is 41.6. The second kappa shape index (κ2) is 9.85. The molecule has 35 heavy (non-hydrogen) atoms. The molecule has 3 fully saturated rings. The van der Waals surface area contributed by atoms with Crippen molar-refractivity contribution in [2.75, 3.05) is 6.54 Å². The fourth-order valence-corrected chi connectivity index (χ4v) is 5.27. The van der Waals surface area contributed by atoms with Crippen LogP contribution in [0.4, 0.5) is 13.2 Å². The van der Waals surface area contributed by atoms with Crippen LogP contribution in [0.5, 0.6) is 0 Å². The van der Waals surface area contributed by atoms with Gasteiger partial charge in [-0.15, -0.1) is 0 Å². The Morgan fingerprint density at radius 3 is 2.60 bits per heavy atom. The molecule has 3 aliphatic rings. The highest BCUT2D eigenvalue weighted by atomic mass is 19.2. The lowest BCUT2D eigenvalue weighted by Crippen LogP contribution is -2.53. The minimum Gasteiger partial charge on any atom is -0.351 e. The van der Waals surface area contributed by atoms with Gasteiger partial charge in [-0.2, -0.15) is 5.26 Å². The van der Waals surface area contributed by atoms with E-state index in [4.69, 9.17) is 5.73 Å². The molecular weight excluding hydrogens is 463 g/mol. The summed E-state index contributed by atoms with van der Waals surface area (Å²) in [6, 6.07) is 0.136. The highest BCUT2D eigenvalue weighted by Gasteiger charge is 2.54. The predicted octanol–water partition coefficient (Wildman–Crippen LogP) is 1.37. The van der Waals surface area contributed by atoms with Crippen LogP contribution in [0.3, 0.4) is 0 Å². The molecule has 2 saturated heterocycles. The minimum absolute atomic E-state index is 0.0162. The van der Waals surface area contributed by atoms with Gasteiger partial charge in [0.2, 0.25) is 17.7 Å². The Morgan fingerprint density at radius 1 is 1.20 bits per heavy atom. The van der Waals surface area contributed by atoms with Crippen LogP contribution < -0.4 is 11.1 Å². The Labute approximate surface area is 201 Å². The van der Waals surface area contributed by atoms with Crippen molar-refractivity contribution in [3.05, 3.63) is 35.1 Å². The molecule has 6 atom stereocenters. The van der Waals surface area contributed by atoms with Crippen molar-refractivity contribution < 1.29 is 27.6 Å². The number of hydrogen-bond acceptors (Lipinski definition) is 5. The van der Waals surface area contributed by atoms with Gasteiger partial charge in [-0.1, -0.05) is 0 Å². The van der Waals surface area contributed by atoms with E-state index >= 15 is 0 Å². The van der Waals surface area contributed by atoms with Crippen molar-refractivity contribution in [3.8, 4) is 6.07 Å². The molecule has 11 heteroatoms. The molecule has 2 aliphatic heterocycles. The van der Waals surface area contributed by atoms with E-state index in [1.165, 1.54) is 16.7 Å². The number of amides is 3. The first kappa shape index (κ1) is 25.0. The molecule has 0 bridgehead atoms. The Kier molecular flexibility index (Phi) is 7.03. The number of fused-ring (bicyclic) bond motifs is 1. The van der Waals surface area contributed by atoms with E-state index in [1.807, 2.05) is 0 Å². The zero-order chi connectivity index (χ0) is 25.4. The topological polar surface area (TPSA) is 120 Å². The summed E-state index contributed by atoms with van der Waals surface area (Å²) < 4.78 is 41.6. The maximum absolute atomic E-state index is 14.4. The third kappa shape index (κ3) is 5.12. The number of nitrogens with two attached hydrogens (primary N) is 1. The molecule has 1 aromatic carbocycles. The number of rotatable bonds is 7. The summed E-state index contributed by atoms with van der Waals surface area (Å²) in [7, 11) is 0. The molecule has 3 amide bonds. The van der Waals surface area contributed by atoms with Crippen molar-refractivity contribution in [1.29, 1.82) is 5.26 Å². The van der Waals surface area contributed by atoms with Crippen LogP contribution in [0.1, 0.15) is 44.6 Å². The number of likely N-dealkylation sites (tertiary alicyclic amines) is 2. The molecule has 0 spiro atoms. The van der Waals surface area contributed by atoms with Gasteiger partial charge in [0.15, 0.2) is 11.6 Å². The van der Waals surface area contributed by atoms with Crippen molar-refractivity contribution in [3.63, 3.8) is 0 Å². The van der Waals surface area contributed by atoms with Gasteiger partial charge in [0.1, 0.15) is 17.9 Å². The van der Waals surface area contributed by atoms with Gasteiger partial charge in [-0.05, 0) is 56.6 Å². The lowest BCUT2D eigenvalue weighted by Gasteiger charge is -2.29. The molecule has 1 aromatic rings. The van der Waals surface area contributed by atoms with E-state index in [0.717, 1.165) is 6.42 Å². The molecule has 1 aliphatic carbocycles. The molecule has 0 radical (unpaired) electrons. The lowest BCUT2D eigenvalue weighted by molar-refractivity contribution is -0.140. The fraction of sp³-hybridized carbons (Fsp3) is 0.583. The smallest absolute Gasteiger partial charge is 0.243 e. The van der Waals surface area contributed by atoms with Crippen LogP contribution in [-0.2, 0) is 20.8 Å². The summed E-state index contributed by atoms with van der Waals surface area (Å²) in [6.45, 7) is 1.89. The van der Waals surface area contributed by atoms with Gasteiger partial charge in [-0.25, -0.2) is 13.2 Å². The molecule has 188 valence electrons. The number of carbonyl (C=O) groups is 3. The number of benzene rings is 1. The van der Waals surface area contributed by atoms with Gasteiger partial charge in [0.05, 0.1) is 12.1 Å². The van der Waals surface area contributed by atoms with Gasteiger partial charge < -0.3 is 20.9 Å². The van der Waals surface area contributed by atoms with Crippen LogP contribution >= 0.6 is 0 Å². The van der Waals surface area contributed by atoms with Crippen molar-refractivity contribution in [2.45, 2.75) is 75.7 Å². The number of nitriles is 1. The van der Waals surface area contributed by atoms with Gasteiger partial charge in [-0.3, -0.25) is 14.4 Å². The third-order valence-electron chi connectivity index (χ3n) is 7.09. The highest BCUT2D eigenvalue weighted by Crippen LogP contribution is 2.47. The maximum atomic E-state index is 14.4. The monoisotopic (exact) mass is 491 g/mol. The first-order valence-electron chi connectivity index (χ1n) is 11.8. The van der Waals surface area contributed by atoms with Gasteiger partial charge >= 0.3 is 0 Å².